The van der Waals surface area contributed by atoms with E-state index in [1.165, 1.54) is 11.1 Å². The number of hydrogen-bond donors (Lipinski definition) is 1. The number of carboxylic acids is 1. The van der Waals surface area contributed by atoms with Gasteiger partial charge < -0.3 is 5.11 Å². The van der Waals surface area contributed by atoms with E-state index < -0.39 is 5.97 Å². The molecular formula is C15H18N2O2. The van der Waals surface area contributed by atoms with Crippen molar-refractivity contribution in [1.82, 2.24) is 9.78 Å². The molecule has 19 heavy (non-hydrogen) atoms. The molecule has 4 nitrogen and oxygen atoms in total. The third kappa shape index (κ3) is 3.02. The molecule has 0 bridgehead atoms. The summed E-state index contributed by atoms with van der Waals surface area (Å²) in [6.45, 7) is 4.14. The molecule has 0 fully saturated rings. The minimum atomic E-state index is -0.793. The van der Waals surface area contributed by atoms with Crippen LogP contribution in [0.5, 0.6) is 0 Å². The smallest absolute Gasteiger partial charge is 0.303 e. The van der Waals surface area contributed by atoms with E-state index in [1.807, 2.05) is 17.8 Å². The van der Waals surface area contributed by atoms with Gasteiger partial charge in [0.05, 0.1) is 17.8 Å². The highest BCUT2D eigenvalue weighted by Crippen LogP contribution is 2.24. The van der Waals surface area contributed by atoms with Crippen LogP contribution in [0.2, 0.25) is 0 Å². The molecule has 0 spiro atoms. The van der Waals surface area contributed by atoms with Crippen molar-refractivity contribution in [2.45, 2.75) is 26.7 Å². The molecule has 1 heterocycles. The summed E-state index contributed by atoms with van der Waals surface area (Å²) in [7, 11) is 1.89. The average Bonchev–Trinajstić information content (AvgIpc) is 2.68. The summed E-state index contributed by atoms with van der Waals surface area (Å²) >= 11 is 0. The molecule has 1 aromatic carbocycles. The molecule has 0 saturated carbocycles. The Morgan fingerprint density at radius 2 is 2.05 bits per heavy atom. The molecule has 0 saturated heterocycles. The first-order chi connectivity index (χ1) is 8.97. The second-order valence-corrected chi connectivity index (χ2v) is 4.86. The van der Waals surface area contributed by atoms with E-state index in [2.05, 4.69) is 37.1 Å². The lowest BCUT2D eigenvalue weighted by atomic mass is 10.0. The Balaban J connectivity index is 2.32. The number of aliphatic carboxylic acids is 1. The molecule has 2 aromatic rings. The quantitative estimate of drug-likeness (QED) is 0.917. The van der Waals surface area contributed by atoms with E-state index in [9.17, 15) is 4.79 Å². The number of hydrogen-bond acceptors (Lipinski definition) is 2. The lowest BCUT2D eigenvalue weighted by Crippen LogP contribution is -1.99. The van der Waals surface area contributed by atoms with Gasteiger partial charge in [-0.05, 0) is 25.5 Å². The van der Waals surface area contributed by atoms with Crippen LogP contribution in [0, 0.1) is 13.8 Å². The van der Waals surface area contributed by atoms with E-state index in [4.69, 9.17) is 5.11 Å². The molecule has 0 amide bonds. The average molecular weight is 258 g/mol. The van der Waals surface area contributed by atoms with Crippen LogP contribution in [0.4, 0.5) is 0 Å². The van der Waals surface area contributed by atoms with E-state index in [0.29, 0.717) is 6.42 Å². The van der Waals surface area contributed by atoms with Gasteiger partial charge in [-0.2, -0.15) is 5.10 Å². The zero-order chi connectivity index (χ0) is 14.0. The SMILES string of the molecule is Cc1ccc(-c2cc(CCC(=O)O)nn2C)c(C)c1. The number of carboxylic acid groups (broad SMARTS) is 1. The van der Waals surface area contributed by atoms with Crippen molar-refractivity contribution in [1.29, 1.82) is 0 Å². The van der Waals surface area contributed by atoms with Crippen molar-refractivity contribution in [3.63, 3.8) is 0 Å². The number of carbonyl (C=O) groups is 1. The molecule has 0 radical (unpaired) electrons. The normalized spacial score (nSPS) is 10.7. The molecule has 0 atom stereocenters. The molecule has 100 valence electrons. The lowest BCUT2D eigenvalue weighted by molar-refractivity contribution is -0.136. The predicted octanol–water partition coefficient (Wildman–Crippen LogP) is 2.72. The monoisotopic (exact) mass is 258 g/mol. The Morgan fingerprint density at radius 1 is 1.32 bits per heavy atom. The number of aromatic nitrogens is 2. The third-order valence-corrected chi connectivity index (χ3v) is 3.18. The zero-order valence-corrected chi connectivity index (χ0v) is 11.5. The van der Waals surface area contributed by atoms with Crippen molar-refractivity contribution >= 4 is 5.97 Å². The summed E-state index contributed by atoms with van der Waals surface area (Å²) in [5, 5.41) is 13.1. The minimum Gasteiger partial charge on any atom is -0.481 e. The molecule has 1 aromatic heterocycles. The van der Waals surface area contributed by atoms with Crippen LogP contribution < -0.4 is 0 Å². The summed E-state index contributed by atoms with van der Waals surface area (Å²) < 4.78 is 1.81. The van der Waals surface area contributed by atoms with E-state index in [1.54, 1.807) is 0 Å². The number of rotatable bonds is 4. The van der Waals surface area contributed by atoms with Crippen LogP contribution in [0.15, 0.2) is 24.3 Å². The van der Waals surface area contributed by atoms with Crippen molar-refractivity contribution in [3.8, 4) is 11.3 Å². The first kappa shape index (κ1) is 13.3. The fraction of sp³-hybridized carbons (Fsp3) is 0.333. The highest BCUT2D eigenvalue weighted by Gasteiger charge is 2.10. The predicted molar refractivity (Wildman–Crippen MR) is 74.1 cm³/mol. The van der Waals surface area contributed by atoms with Crippen LogP contribution >= 0.6 is 0 Å². The van der Waals surface area contributed by atoms with Gasteiger partial charge in [0.15, 0.2) is 0 Å². The van der Waals surface area contributed by atoms with E-state index in [-0.39, 0.29) is 6.42 Å². The maximum Gasteiger partial charge on any atom is 0.303 e. The summed E-state index contributed by atoms with van der Waals surface area (Å²) in [6, 6.07) is 8.27. The molecule has 4 heteroatoms. The minimum absolute atomic E-state index is 0.114. The second kappa shape index (κ2) is 5.26. The van der Waals surface area contributed by atoms with Crippen molar-refractivity contribution in [2.75, 3.05) is 0 Å². The topological polar surface area (TPSA) is 55.1 Å². The number of aryl methyl sites for hydroxylation is 4. The largest absolute Gasteiger partial charge is 0.481 e. The molecule has 1 N–H and O–H groups in total. The van der Waals surface area contributed by atoms with Crippen LogP contribution in [-0.2, 0) is 18.3 Å². The number of benzene rings is 1. The molecule has 0 aliphatic carbocycles. The maximum absolute atomic E-state index is 10.6. The first-order valence-electron chi connectivity index (χ1n) is 6.29. The Bertz CT molecular complexity index is 615. The van der Waals surface area contributed by atoms with Gasteiger partial charge in [0.1, 0.15) is 0 Å². The summed E-state index contributed by atoms with van der Waals surface area (Å²) in [6.07, 6.45) is 0.581. The number of nitrogens with zero attached hydrogens (tertiary/aromatic N) is 2. The van der Waals surface area contributed by atoms with Crippen LogP contribution in [0.3, 0.4) is 0 Å². The van der Waals surface area contributed by atoms with Crippen molar-refractivity contribution < 1.29 is 9.90 Å². The Hall–Kier alpha value is -2.10. The van der Waals surface area contributed by atoms with Crippen LogP contribution in [-0.4, -0.2) is 20.9 Å². The third-order valence-electron chi connectivity index (χ3n) is 3.18. The second-order valence-electron chi connectivity index (χ2n) is 4.86. The van der Waals surface area contributed by atoms with Crippen LogP contribution in [0.1, 0.15) is 23.2 Å². The van der Waals surface area contributed by atoms with Gasteiger partial charge >= 0.3 is 5.97 Å². The standard InChI is InChI=1S/C15H18N2O2/c1-10-4-6-13(11(2)8-10)14-9-12(16-17(14)3)5-7-15(18)19/h4,6,8-9H,5,7H2,1-3H3,(H,18,19). The Morgan fingerprint density at radius 3 is 2.68 bits per heavy atom. The Labute approximate surface area is 112 Å². The highest BCUT2D eigenvalue weighted by atomic mass is 16.4. The molecule has 0 aliphatic rings. The maximum atomic E-state index is 10.6. The summed E-state index contributed by atoms with van der Waals surface area (Å²) in [4.78, 5) is 10.6. The van der Waals surface area contributed by atoms with Gasteiger partial charge in [0.25, 0.3) is 0 Å². The molecule has 0 aliphatic heterocycles. The van der Waals surface area contributed by atoms with Gasteiger partial charge in [-0.25, -0.2) is 0 Å². The van der Waals surface area contributed by atoms with Gasteiger partial charge in [0.2, 0.25) is 0 Å². The van der Waals surface area contributed by atoms with Gasteiger partial charge in [-0.3, -0.25) is 9.48 Å². The molecular weight excluding hydrogens is 240 g/mol. The lowest BCUT2D eigenvalue weighted by Gasteiger charge is -2.06. The van der Waals surface area contributed by atoms with E-state index >= 15 is 0 Å². The molecule has 2 rings (SSSR count). The highest BCUT2D eigenvalue weighted by molar-refractivity contribution is 5.67. The van der Waals surface area contributed by atoms with Crippen molar-refractivity contribution in [3.05, 3.63) is 41.1 Å². The van der Waals surface area contributed by atoms with E-state index in [0.717, 1.165) is 17.0 Å². The van der Waals surface area contributed by atoms with Gasteiger partial charge in [-0.1, -0.05) is 23.8 Å². The fourth-order valence-corrected chi connectivity index (χ4v) is 2.24. The summed E-state index contributed by atoms with van der Waals surface area (Å²) in [5.74, 6) is -0.793. The zero-order valence-electron chi connectivity index (χ0n) is 11.5. The van der Waals surface area contributed by atoms with Gasteiger partial charge in [-0.15, -0.1) is 0 Å². The van der Waals surface area contributed by atoms with Crippen molar-refractivity contribution in [2.24, 2.45) is 7.05 Å². The van der Waals surface area contributed by atoms with Crippen LogP contribution in [0.25, 0.3) is 11.3 Å². The van der Waals surface area contributed by atoms with Gasteiger partial charge in [0, 0.05) is 19.0 Å². The fourth-order valence-electron chi connectivity index (χ4n) is 2.24. The summed E-state index contributed by atoms with van der Waals surface area (Å²) in [5.41, 5.74) is 5.42. The Kier molecular flexibility index (Phi) is 3.69. The first-order valence-corrected chi connectivity index (χ1v) is 6.29. The molecule has 0 unspecified atom stereocenters.